The first kappa shape index (κ1) is 9.88. The largest absolute Gasteiger partial charge is 0.412 e. The van der Waals surface area contributed by atoms with Gasteiger partial charge >= 0.3 is 0 Å². The van der Waals surface area contributed by atoms with Gasteiger partial charge in [-0.25, -0.2) is 0 Å². The minimum Gasteiger partial charge on any atom is -0.412 e. The van der Waals surface area contributed by atoms with Crippen molar-refractivity contribution in [1.82, 2.24) is 0 Å². The second-order valence-electron chi connectivity index (χ2n) is 2.56. The van der Waals surface area contributed by atoms with Gasteiger partial charge in [0.05, 0.1) is 12.2 Å². The van der Waals surface area contributed by atoms with Gasteiger partial charge in [0.15, 0.2) is 0 Å². The predicted octanol–water partition coefficient (Wildman–Crippen LogP) is 0.376. The van der Waals surface area contributed by atoms with Crippen LogP contribution in [0.1, 0.15) is 19.8 Å². The van der Waals surface area contributed by atoms with Gasteiger partial charge in [0.1, 0.15) is 0 Å². The smallest absolute Gasteiger partial charge is 0.0617 e. The lowest BCUT2D eigenvalue weighted by molar-refractivity contribution is -0.0503. The Labute approximate surface area is 61.6 Å². The van der Waals surface area contributed by atoms with Crippen LogP contribution in [0.15, 0.2) is 0 Å². The number of ether oxygens (including phenoxy) is 2. The van der Waals surface area contributed by atoms with E-state index in [0.29, 0.717) is 12.2 Å². The summed E-state index contributed by atoms with van der Waals surface area (Å²) in [6, 6.07) is 0. The van der Waals surface area contributed by atoms with Crippen LogP contribution in [0.25, 0.3) is 0 Å². The fourth-order valence-electron chi connectivity index (χ4n) is 1.17. The summed E-state index contributed by atoms with van der Waals surface area (Å²) in [7, 11) is 1.77. The Kier molecular flexibility index (Phi) is 4.60. The van der Waals surface area contributed by atoms with Crippen molar-refractivity contribution in [2.75, 3.05) is 13.7 Å². The molecular weight excluding hydrogens is 132 g/mol. The molecule has 1 aliphatic rings. The summed E-state index contributed by atoms with van der Waals surface area (Å²) in [4.78, 5) is 0. The molecule has 2 N–H and O–H groups in total. The Balaban J connectivity index is 0.000000810. The van der Waals surface area contributed by atoms with E-state index < -0.39 is 0 Å². The zero-order valence-corrected chi connectivity index (χ0v) is 6.59. The van der Waals surface area contributed by atoms with Crippen LogP contribution in [-0.4, -0.2) is 31.4 Å². The molecule has 1 saturated heterocycles. The number of rotatable bonds is 1. The van der Waals surface area contributed by atoms with Gasteiger partial charge in [-0.2, -0.15) is 0 Å². The maximum Gasteiger partial charge on any atom is 0.0617 e. The fraction of sp³-hybridized carbons (Fsp3) is 1.00. The van der Waals surface area contributed by atoms with Crippen LogP contribution in [0.4, 0.5) is 0 Å². The van der Waals surface area contributed by atoms with Crippen LogP contribution in [0, 0.1) is 0 Å². The zero-order chi connectivity index (χ0) is 6.69. The molecule has 0 unspecified atom stereocenters. The second-order valence-corrected chi connectivity index (χ2v) is 2.56. The lowest BCUT2D eigenvalue weighted by Crippen LogP contribution is -2.27. The molecule has 0 radical (unpaired) electrons. The lowest BCUT2D eigenvalue weighted by Gasteiger charge is -2.25. The first-order chi connectivity index (χ1) is 4.33. The molecule has 1 heterocycles. The highest BCUT2D eigenvalue weighted by atomic mass is 16.5. The normalized spacial score (nSPS) is 33.0. The fourth-order valence-corrected chi connectivity index (χ4v) is 1.17. The van der Waals surface area contributed by atoms with Crippen LogP contribution in [0.2, 0.25) is 0 Å². The Morgan fingerprint density at radius 1 is 1.50 bits per heavy atom. The molecule has 0 bridgehead atoms. The SMILES string of the molecule is CO[C@H]1CCO[C@@H](C)C1.O. The molecule has 62 valence electrons. The van der Waals surface area contributed by atoms with Crippen LogP contribution >= 0.6 is 0 Å². The lowest BCUT2D eigenvalue weighted by atomic mass is 10.1. The van der Waals surface area contributed by atoms with Crippen molar-refractivity contribution >= 4 is 0 Å². The number of methoxy groups -OCH3 is 1. The van der Waals surface area contributed by atoms with Crippen molar-refractivity contribution < 1.29 is 14.9 Å². The van der Waals surface area contributed by atoms with Crippen molar-refractivity contribution in [1.29, 1.82) is 0 Å². The second kappa shape index (κ2) is 4.66. The summed E-state index contributed by atoms with van der Waals surface area (Å²) < 4.78 is 10.5. The third-order valence-electron chi connectivity index (χ3n) is 1.77. The maximum atomic E-state index is 5.33. The van der Waals surface area contributed by atoms with E-state index in [1.807, 2.05) is 0 Å². The van der Waals surface area contributed by atoms with Gasteiger partial charge in [-0.3, -0.25) is 0 Å². The van der Waals surface area contributed by atoms with E-state index in [-0.39, 0.29) is 5.48 Å². The first-order valence-corrected chi connectivity index (χ1v) is 3.47. The summed E-state index contributed by atoms with van der Waals surface area (Å²) in [5, 5.41) is 0. The Bertz CT molecular complexity index is 84.9. The molecule has 1 rings (SSSR count). The summed E-state index contributed by atoms with van der Waals surface area (Å²) >= 11 is 0. The molecule has 3 nitrogen and oxygen atoms in total. The van der Waals surface area contributed by atoms with Gasteiger partial charge in [-0.05, 0) is 19.8 Å². The Morgan fingerprint density at radius 3 is 2.60 bits per heavy atom. The predicted molar refractivity (Wildman–Crippen MR) is 39.1 cm³/mol. The molecule has 0 aromatic rings. The molecule has 3 heteroatoms. The molecule has 0 aromatic heterocycles. The Morgan fingerprint density at radius 2 is 2.20 bits per heavy atom. The van der Waals surface area contributed by atoms with Gasteiger partial charge < -0.3 is 14.9 Å². The number of hydrogen-bond donors (Lipinski definition) is 0. The minimum atomic E-state index is 0. The van der Waals surface area contributed by atoms with Gasteiger partial charge in [0, 0.05) is 13.7 Å². The van der Waals surface area contributed by atoms with Crippen LogP contribution in [-0.2, 0) is 9.47 Å². The van der Waals surface area contributed by atoms with E-state index in [1.165, 1.54) is 0 Å². The molecule has 0 amide bonds. The molecule has 1 aliphatic heterocycles. The van der Waals surface area contributed by atoms with Gasteiger partial charge in [0.25, 0.3) is 0 Å². The van der Waals surface area contributed by atoms with E-state index >= 15 is 0 Å². The highest BCUT2D eigenvalue weighted by molar-refractivity contribution is 4.67. The monoisotopic (exact) mass is 148 g/mol. The quantitative estimate of drug-likeness (QED) is 0.539. The van der Waals surface area contributed by atoms with Gasteiger partial charge in [0.2, 0.25) is 0 Å². The summed E-state index contributed by atoms with van der Waals surface area (Å²) in [6.07, 6.45) is 2.94. The van der Waals surface area contributed by atoms with E-state index in [4.69, 9.17) is 9.47 Å². The maximum absolute atomic E-state index is 5.33. The molecular formula is C7H16O3. The van der Waals surface area contributed by atoms with Gasteiger partial charge in [-0.15, -0.1) is 0 Å². The molecule has 0 aromatic carbocycles. The van der Waals surface area contributed by atoms with Crippen molar-refractivity contribution in [2.24, 2.45) is 0 Å². The van der Waals surface area contributed by atoms with E-state index in [1.54, 1.807) is 7.11 Å². The van der Waals surface area contributed by atoms with Gasteiger partial charge in [-0.1, -0.05) is 0 Å². The molecule has 10 heavy (non-hydrogen) atoms. The topological polar surface area (TPSA) is 50.0 Å². The third-order valence-corrected chi connectivity index (χ3v) is 1.77. The van der Waals surface area contributed by atoms with Crippen LogP contribution < -0.4 is 0 Å². The summed E-state index contributed by atoms with van der Waals surface area (Å²) in [5.74, 6) is 0. The molecule has 0 saturated carbocycles. The van der Waals surface area contributed by atoms with E-state index in [9.17, 15) is 0 Å². The highest BCUT2D eigenvalue weighted by Gasteiger charge is 2.17. The first-order valence-electron chi connectivity index (χ1n) is 3.47. The average molecular weight is 148 g/mol. The number of hydrogen-bond acceptors (Lipinski definition) is 2. The van der Waals surface area contributed by atoms with Crippen molar-refractivity contribution in [2.45, 2.75) is 32.0 Å². The minimum absolute atomic E-state index is 0. The molecule has 0 aliphatic carbocycles. The zero-order valence-electron chi connectivity index (χ0n) is 6.59. The van der Waals surface area contributed by atoms with Crippen LogP contribution in [0.5, 0.6) is 0 Å². The molecule has 0 spiro atoms. The Hall–Kier alpha value is -0.120. The van der Waals surface area contributed by atoms with Crippen molar-refractivity contribution in [3.05, 3.63) is 0 Å². The summed E-state index contributed by atoms with van der Waals surface area (Å²) in [5.41, 5.74) is 0. The standard InChI is InChI=1S/C7H14O2.H2O/c1-6-5-7(8-2)3-4-9-6;/h6-7H,3-5H2,1-2H3;1H2/t6-,7-;/m0./s1. The van der Waals surface area contributed by atoms with E-state index in [0.717, 1.165) is 19.4 Å². The third kappa shape index (κ3) is 2.64. The van der Waals surface area contributed by atoms with E-state index in [2.05, 4.69) is 6.92 Å². The van der Waals surface area contributed by atoms with Crippen molar-refractivity contribution in [3.8, 4) is 0 Å². The molecule has 2 atom stereocenters. The van der Waals surface area contributed by atoms with Crippen molar-refractivity contribution in [3.63, 3.8) is 0 Å². The average Bonchev–Trinajstić information content (AvgIpc) is 1.88. The molecule has 1 fully saturated rings. The summed E-state index contributed by atoms with van der Waals surface area (Å²) in [6.45, 7) is 2.95. The highest BCUT2D eigenvalue weighted by Crippen LogP contribution is 2.14. The van der Waals surface area contributed by atoms with Crippen LogP contribution in [0.3, 0.4) is 0 Å².